The summed E-state index contributed by atoms with van der Waals surface area (Å²) in [4.78, 5) is 17.6. The molecule has 1 atom stereocenters. The molecule has 2 N–H and O–H groups in total. The summed E-state index contributed by atoms with van der Waals surface area (Å²) in [7, 11) is 0. The first-order valence-electron chi connectivity index (χ1n) is 10.2. The Morgan fingerprint density at radius 2 is 1.75 bits per heavy atom. The Labute approximate surface area is 181 Å². The zero-order valence-electron chi connectivity index (χ0n) is 16.6. The monoisotopic (exact) mass is 431 g/mol. The van der Waals surface area contributed by atoms with Gasteiger partial charge in [-0.3, -0.25) is 9.69 Å². The minimum atomic E-state index is 0. The number of amides is 1. The largest absolute Gasteiger partial charge is 0.378 e. The van der Waals surface area contributed by atoms with Crippen LogP contribution in [0.3, 0.4) is 0 Å². The van der Waals surface area contributed by atoms with Gasteiger partial charge >= 0.3 is 0 Å². The second kappa shape index (κ2) is 13.4. The maximum atomic E-state index is 13.1. The van der Waals surface area contributed by atoms with Crippen LogP contribution in [0.15, 0.2) is 30.3 Å². The third kappa shape index (κ3) is 7.20. The highest BCUT2D eigenvalue weighted by Crippen LogP contribution is 2.23. The van der Waals surface area contributed by atoms with Crippen LogP contribution < -0.4 is 5.73 Å². The van der Waals surface area contributed by atoms with Crippen molar-refractivity contribution in [1.82, 2.24) is 9.80 Å². The van der Waals surface area contributed by atoms with Gasteiger partial charge in [0.25, 0.3) is 0 Å². The van der Waals surface area contributed by atoms with Gasteiger partial charge in [-0.1, -0.05) is 36.8 Å². The average molecular weight is 432 g/mol. The molecule has 0 aromatic heterocycles. The van der Waals surface area contributed by atoms with E-state index in [0.29, 0.717) is 12.5 Å². The summed E-state index contributed by atoms with van der Waals surface area (Å²) in [6, 6.07) is 10.5. The van der Waals surface area contributed by atoms with Gasteiger partial charge in [0.05, 0.1) is 12.1 Å². The van der Waals surface area contributed by atoms with Crippen molar-refractivity contribution in [3.8, 4) is 0 Å². The molecule has 0 aliphatic carbocycles. The lowest BCUT2D eigenvalue weighted by Gasteiger charge is -2.40. The molecule has 0 bridgehead atoms. The summed E-state index contributed by atoms with van der Waals surface area (Å²) in [6.07, 6.45) is 6.42. The van der Waals surface area contributed by atoms with E-state index in [2.05, 4.69) is 34.1 Å². The fraction of sp³-hybridized carbons (Fsp3) is 0.667. The van der Waals surface area contributed by atoms with Gasteiger partial charge in [-0.05, 0) is 50.8 Å². The second-order valence-electron chi connectivity index (χ2n) is 7.51. The van der Waals surface area contributed by atoms with Crippen molar-refractivity contribution in [3.05, 3.63) is 35.9 Å². The lowest BCUT2D eigenvalue weighted by molar-refractivity contribution is -0.141. The molecule has 0 saturated carbocycles. The first-order chi connectivity index (χ1) is 12.8. The van der Waals surface area contributed by atoms with Crippen LogP contribution in [0.1, 0.15) is 44.1 Å². The number of nitrogens with zero attached hydrogens (tertiary/aromatic N) is 2. The van der Waals surface area contributed by atoms with Crippen molar-refractivity contribution < 1.29 is 9.53 Å². The minimum Gasteiger partial charge on any atom is -0.378 e. The van der Waals surface area contributed by atoms with Gasteiger partial charge < -0.3 is 15.4 Å². The summed E-state index contributed by atoms with van der Waals surface area (Å²) < 4.78 is 5.87. The number of piperidine rings is 2. The molecule has 2 aliphatic heterocycles. The number of rotatable bonds is 7. The van der Waals surface area contributed by atoms with Gasteiger partial charge in [0.15, 0.2) is 0 Å². The summed E-state index contributed by atoms with van der Waals surface area (Å²) in [5.41, 5.74) is 6.81. The zero-order chi connectivity index (χ0) is 18.2. The first kappa shape index (κ1) is 25.2. The molecule has 1 aromatic rings. The van der Waals surface area contributed by atoms with Crippen LogP contribution in [0.5, 0.6) is 0 Å². The number of hydrogen-bond donors (Lipinski definition) is 1. The van der Waals surface area contributed by atoms with E-state index in [0.717, 1.165) is 64.9 Å². The van der Waals surface area contributed by atoms with Crippen molar-refractivity contribution in [3.63, 3.8) is 0 Å². The van der Waals surface area contributed by atoms with Crippen molar-refractivity contribution >= 4 is 30.7 Å². The van der Waals surface area contributed by atoms with Crippen molar-refractivity contribution in [2.75, 3.05) is 32.8 Å². The number of ether oxygens (including phenoxy) is 1. The molecule has 1 aromatic carbocycles. The molecule has 7 heteroatoms. The molecule has 0 spiro atoms. The van der Waals surface area contributed by atoms with E-state index in [9.17, 15) is 4.79 Å². The Kier molecular flexibility index (Phi) is 12.0. The molecule has 2 aliphatic rings. The molecule has 5 nitrogen and oxygen atoms in total. The van der Waals surface area contributed by atoms with Gasteiger partial charge in [0.1, 0.15) is 0 Å². The van der Waals surface area contributed by atoms with Gasteiger partial charge in [-0.2, -0.15) is 0 Å². The minimum absolute atomic E-state index is 0. The Hall–Kier alpha value is -0.850. The molecule has 1 amide bonds. The van der Waals surface area contributed by atoms with E-state index in [1.54, 1.807) is 0 Å². The first-order valence-corrected chi connectivity index (χ1v) is 10.2. The highest BCUT2D eigenvalue weighted by molar-refractivity contribution is 5.85. The average Bonchev–Trinajstić information content (AvgIpc) is 2.69. The quantitative estimate of drug-likeness (QED) is 0.673. The molecular formula is C21H35Cl2N3O2. The molecule has 2 fully saturated rings. The molecule has 2 saturated heterocycles. The third-order valence-corrected chi connectivity index (χ3v) is 5.58. The lowest BCUT2D eigenvalue weighted by Crippen LogP contribution is -2.52. The van der Waals surface area contributed by atoms with Crippen LogP contribution in [0, 0.1) is 0 Å². The Bertz CT molecular complexity index is 554. The summed E-state index contributed by atoms with van der Waals surface area (Å²) >= 11 is 0. The van der Waals surface area contributed by atoms with E-state index in [1.807, 2.05) is 6.07 Å². The number of carbonyl (C=O) groups excluding carboxylic acids is 1. The van der Waals surface area contributed by atoms with Gasteiger partial charge in [0.2, 0.25) is 5.91 Å². The predicted molar refractivity (Wildman–Crippen MR) is 118 cm³/mol. The van der Waals surface area contributed by atoms with Crippen LogP contribution in [0.25, 0.3) is 0 Å². The third-order valence-electron chi connectivity index (χ3n) is 5.58. The maximum absolute atomic E-state index is 13.1. The zero-order valence-corrected chi connectivity index (χ0v) is 18.3. The summed E-state index contributed by atoms with van der Waals surface area (Å²) in [5.74, 6) is 0.320. The van der Waals surface area contributed by atoms with Gasteiger partial charge in [-0.25, -0.2) is 0 Å². The van der Waals surface area contributed by atoms with Crippen molar-refractivity contribution in [2.24, 2.45) is 5.73 Å². The maximum Gasteiger partial charge on any atom is 0.239 e. The molecule has 1 unspecified atom stereocenters. The van der Waals surface area contributed by atoms with Crippen LogP contribution in [0.4, 0.5) is 0 Å². The number of nitrogens with two attached hydrogens (primary N) is 1. The Morgan fingerprint density at radius 3 is 2.43 bits per heavy atom. The fourth-order valence-corrected chi connectivity index (χ4v) is 4.06. The van der Waals surface area contributed by atoms with Crippen molar-refractivity contribution in [2.45, 2.75) is 57.2 Å². The van der Waals surface area contributed by atoms with Gasteiger partial charge in [0, 0.05) is 26.2 Å². The van der Waals surface area contributed by atoms with Gasteiger partial charge in [-0.15, -0.1) is 24.8 Å². The SMILES string of the molecule is Cl.Cl.NCCCOC1CCN(C(=O)C2CCCCN2Cc2ccccc2)CC1. The normalized spacial score (nSPS) is 20.9. The van der Waals surface area contributed by atoms with E-state index in [1.165, 1.54) is 12.0 Å². The number of likely N-dealkylation sites (tertiary alicyclic amines) is 2. The summed E-state index contributed by atoms with van der Waals surface area (Å²) in [6.45, 7) is 4.95. The fourth-order valence-electron chi connectivity index (χ4n) is 4.06. The van der Waals surface area contributed by atoms with E-state index >= 15 is 0 Å². The number of halogens is 2. The van der Waals surface area contributed by atoms with Crippen LogP contribution in [-0.4, -0.2) is 60.6 Å². The Balaban J connectivity index is 0.00000196. The number of carbonyl (C=O) groups is 1. The van der Waals surface area contributed by atoms with Crippen molar-refractivity contribution in [1.29, 1.82) is 0 Å². The Morgan fingerprint density at radius 1 is 1.04 bits per heavy atom. The van der Waals surface area contributed by atoms with E-state index in [4.69, 9.17) is 10.5 Å². The number of hydrogen-bond acceptors (Lipinski definition) is 4. The lowest BCUT2D eigenvalue weighted by atomic mass is 9.98. The summed E-state index contributed by atoms with van der Waals surface area (Å²) in [5, 5.41) is 0. The second-order valence-corrected chi connectivity index (χ2v) is 7.51. The highest BCUT2D eigenvalue weighted by Gasteiger charge is 2.33. The predicted octanol–water partition coefficient (Wildman–Crippen LogP) is 3.24. The molecule has 2 heterocycles. The molecule has 28 heavy (non-hydrogen) atoms. The number of benzene rings is 1. The van der Waals surface area contributed by atoms with E-state index < -0.39 is 0 Å². The molecule has 160 valence electrons. The smallest absolute Gasteiger partial charge is 0.239 e. The van der Waals surface area contributed by atoms with Crippen LogP contribution in [-0.2, 0) is 16.1 Å². The van der Waals surface area contributed by atoms with Crippen LogP contribution in [0.2, 0.25) is 0 Å². The molecule has 3 rings (SSSR count). The molecule has 0 radical (unpaired) electrons. The highest BCUT2D eigenvalue weighted by atomic mass is 35.5. The standard InChI is InChI=1S/C21H33N3O2.2ClH/c22-12-6-16-26-19-10-14-23(15-11-19)21(25)20-9-4-5-13-24(20)17-18-7-2-1-3-8-18;;/h1-3,7-8,19-20H,4-6,9-17,22H2;2*1H. The van der Waals surface area contributed by atoms with E-state index in [-0.39, 0.29) is 37.0 Å². The topological polar surface area (TPSA) is 58.8 Å². The van der Waals surface area contributed by atoms with Crippen LogP contribution >= 0.6 is 24.8 Å². The molecular weight excluding hydrogens is 397 g/mol.